The maximum Gasteiger partial charge on any atom is 0.262 e. The van der Waals surface area contributed by atoms with Gasteiger partial charge in [-0.1, -0.05) is 29.8 Å². The second-order valence-electron chi connectivity index (χ2n) is 7.02. The third-order valence-corrected chi connectivity index (χ3v) is 5.84. The second-order valence-corrected chi connectivity index (χ2v) is 7.88. The van der Waals surface area contributed by atoms with Crippen molar-refractivity contribution in [3.8, 4) is 11.1 Å². The molecule has 0 unspecified atom stereocenters. The summed E-state index contributed by atoms with van der Waals surface area (Å²) in [5.74, 6) is 0.496. The van der Waals surface area contributed by atoms with Crippen LogP contribution in [0.5, 0.6) is 0 Å². The van der Waals surface area contributed by atoms with E-state index in [0.717, 1.165) is 29.0 Å². The number of carbonyl (C=O) groups excluding carboxylic acids is 1. The molecule has 0 aliphatic carbocycles. The average Bonchev–Trinajstić information content (AvgIpc) is 3.05. The number of aromatic nitrogens is 2. The predicted molar refractivity (Wildman–Crippen MR) is 108 cm³/mol. The Bertz CT molecular complexity index is 1020. The highest BCUT2D eigenvalue weighted by Gasteiger charge is 2.17. The van der Waals surface area contributed by atoms with Crippen molar-refractivity contribution in [2.45, 2.75) is 19.9 Å². The lowest BCUT2D eigenvalue weighted by Gasteiger charge is -2.27. The third kappa shape index (κ3) is 3.79. The fraction of sp³-hybridized carbons (Fsp3) is 0.350. The fourth-order valence-corrected chi connectivity index (χ4v) is 4.04. The first-order valence-electron chi connectivity index (χ1n) is 9.13. The van der Waals surface area contributed by atoms with Gasteiger partial charge in [-0.05, 0) is 12.5 Å². The molecule has 1 aromatic carbocycles. The molecule has 0 atom stereocenters. The van der Waals surface area contributed by atoms with E-state index < -0.39 is 0 Å². The highest BCUT2D eigenvalue weighted by molar-refractivity contribution is 7.17. The summed E-state index contributed by atoms with van der Waals surface area (Å²) in [6.45, 7) is 4.98. The Kier molecular flexibility index (Phi) is 5.05. The number of amides is 1. The Labute approximate surface area is 161 Å². The number of nitrogens with one attached hydrogen (secondary N) is 2. The van der Waals surface area contributed by atoms with Crippen LogP contribution in [0.3, 0.4) is 0 Å². The average molecular weight is 382 g/mol. The van der Waals surface area contributed by atoms with E-state index in [2.05, 4.69) is 15.6 Å². The van der Waals surface area contributed by atoms with E-state index in [9.17, 15) is 9.59 Å². The molecule has 1 fully saturated rings. The van der Waals surface area contributed by atoms with Crippen molar-refractivity contribution in [1.82, 2.24) is 20.2 Å². The number of hydrogen-bond acceptors (Lipinski definition) is 5. The van der Waals surface area contributed by atoms with Crippen LogP contribution < -0.4 is 16.2 Å². The first kappa shape index (κ1) is 17.9. The van der Waals surface area contributed by atoms with Gasteiger partial charge in [0.1, 0.15) is 4.83 Å². The van der Waals surface area contributed by atoms with Gasteiger partial charge in [0.2, 0.25) is 5.91 Å². The molecule has 2 aromatic heterocycles. The monoisotopic (exact) mass is 382 g/mol. The van der Waals surface area contributed by atoms with Crippen molar-refractivity contribution in [3.05, 3.63) is 51.9 Å². The van der Waals surface area contributed by atoms with Gasteiger partial charge in [-0.3, -0.25) is 14.2 Å². The van der Waals surface area contributed by atoms with Gasteiger partial charge in [-0.25, -0.2) is 4.98 Å². The summed E-state index contributed by atoms with van der Waals surface area (Å²) in [5.41, 5.74) is 3.00. The number of aryl methyl sites for hydroxylation is 2. The van der Waals surface area contributed by atoms with Gasteiger partial charge in [-0.2, -0.15) is 0 Å². The second kappa shape index (κ2) is 7.62. The molecule has 0 spiro atoms. The molecule has 140 valence electrons. The highest BCUT2D eigenvalue weighted by atomic mass is 32.1. The molecule has 7 heteroatoms. The minimum Gasteiger partial charge on any atom is -0.356 e. The van der Waals surface area contributed by atoms with Crippen molar-refractivity contribution in [1.29, 1.82) is 0 Å². The lowest BCUT2D eigenvalue weighted by atomic mass is 10.0. The van der Waals surface area contributed by atoms with Gasteiger partial charge in [0.15, 0.2) is 0 Å². The van der Waals surface area contributed by atoms with E-state index >= 15 is 0 Å². The van der Waals surface area contributed by atoms with Crippen LogP contribution in [0, 0.1) is 12.8 Å². The predicted octanol–water partition coefficient (Wildman–Crippen LogP) is 2.16. The normalized spacial score (nSPS) is 14.3. The SMILES string of the molecule is Cc1ccc(-c2csc3ncn(CCC(=O)NCC4CNC4)c(=O)c23)cc1. The lowest BCUT2D eigenvalue weighted by molar-refractivity contribution is -0.121. The van der Waals surface area contributed by atoms with Gasteiger partial charge < -0.3 is 10.6 Å². The zero-order chi connectivity index (χ0) is 18.8. The molecule has 27 heavy (non-hydrogen) atoms. The highest BCUT2D eigenvalue weighted by Crippen LogP contribution is 2.30. The van der Waals surface area contributed by atoms with Gasteiger partial charge in [0, 0.05) is 49.5 Å². The molecule has 3 heterocycles. The number of hydrogen-bond donors (Lipinski definition) is 2. The Morgan fingerprint density at radius 2 is 2.11 bits per heavy atom. The van der Waals surface area contributed by atoms with Crippen LogP contribution >= 0.6 is 11.3 Å². The number of rotatable bonds is 6. The van der Waals surface area contributed by atoms with Gasteiger partial charge in [0.05, 0.1) is 11.7 Å². The molecule has 1 saturated heterocycles. The Hall–Kier alpha value is -2.51. The van der Waals surface area contributed by atoms with E-state index in [1.807, 2.05) is 36.6 Å². The first-order valence-corrected chi connectivity index (χ1v) is 10.0. The molecule has 1 aliphatic rings. The lowest BCUT2D eigenvalue weighted by Crippen LogP contribution is -2.48. The number of nitrogens with zero attached hydrogens (tertiary/aromatic N) is 2. The van der Waals surface area contributed by atoms with E-state index in [1.54, 1.807) is 6.33 Å². The molecule has 6 nitrogen and oxygen atoms in total. The zero-order valence-electron chi connectivity index (χ0n) is 15.2. The van der Waals surface area contributed by atoms with Crippen LogP contribution in [0.1, 0.15) is 12.0 Å². The van der Waals surface area contributed by atoms with Crippen LogP contribution in [0.25, 0.3) is 21.3 Å². The fourth-order valence-electron chi connectivity index (χ4n) is 3.13. The van der Waals surface area contributed by atoms with E-state index in [4.69, 9.17) is 0 Å². The Balaban J connectivity index is 1.52. The minimum absolute atomic E-state index is 0.0297. The summed E-state index contributed by atoms with van der Waals surface area (Å²) in [6.07, 6.45) is 1.82. The summed E-state index contributed by atoms with van der Waals surface area (Å²) in [7, 11) is 0. The van der Waals surface area contributed by atoms with E-state index in [-0.39, 0.29) is 17.9 Å². The first-order chi connectivity index (χ1) is 13.1. The Morgan fingerprint density at radius 3 is 2.81 bits per heavy atom. The summed E-state index contributed by atoms with van der Waals surface area (Å²) >= 11 is 1.47. The zero-order valence-corrected chi connectivity index (χ0v) is 16.0. The molecule has 4 rings (SSSR count). The van der Waals surface area contributed by atoms with E-state index in [0.29, 0.717) is 24.4 Å². The number of carbonyl (C=O) groups is 1. The summed E-state index contributed by atoms with van der Waals surface area (Å²) < 4.78 is 1.54. The van der Waals surface area contributed by atoms with E-state index in [1.165, 1.54) is 21.5 Å². The molecular weight excluding hydrogens is 360 g/mol. The largest absolute Gasteiger partial charge is 0.356 e. The van der Waals surface area contributed by atoms with Crippen molar-refractivity contribution in [3.63, 3.8) is 0 Å². The maximum absolute atomic E-state index is 13.0. The molecule has 1 amide bonds. The summed E-state index contributed by atoms with van der Waals surface area (Å²) in [4.78, 5) is 30.2. The van der Waals surface area contributed by atoms with Crippen LogP contribution in [-0.4, -0.2) is 35.1 Å². The van der Waals surface area contributed by atoms with Gasteiger partial charge >= 0.3 is 0 Å². The van der Waals surface area contributed by atoms with Gasteiger partial charge in [0.25, 0.3) is 5.56 Å². The molecule has 2 N–H and O–H groups in total. The molecule has 1 aliphatic heterocycles. The molecule has 3 aromatic rings. The van der Waals surface area contributed by atoms with Crippen molar-refractivity contribution >= 4 is 27.5 Å². The molecule has 0 bridgehead atoms. The smallest absolute Gasteiger partial charge is 0.262 e. The van der Waals surface area contributed by atoms with Crippen LogP contribution in [-0.2, 0) is 11.3 Å². The van der Waals surface area contributed by atoms with Gasteiger partial charge in [-0.15, -0.1) is 11.3 Å². The quantitative estimate of drug-likeness (QED) is 0.685. The topological polar surface area (TPSA) is 76.0 Å². The van der Waals surface area contributed by atoms with Crippen molar-refractivity contribution < 1.29 is 4.79 Å². The number of fused-ring (bicyclic) bond motifs is 1. The standard InChI is InChI=1S/C20H22N4O2S/c1-13-2-4-15(5-3-13)16-11-27-19-18(16)20(26)24(12-23-19)7-6-17(25)22-10-14-8-21-9-14/h2-5,11-12,14,21H,6-10H2,1H3,(H,22,25). The summed E-state index contributed by atoms with van der Waals surface area (Å²) in [5, 5.41) is 8.73. The number of thiophene rings is 1. The minimum atomic E-state index is -0.0900. The van der Waals surface area contributed by atoms with Crippen LogP contribution in [0.15, 0.2) is 40.8 Å². The van der Waals surface area contributed by atoms with Crippen molar-refractivity contribution in [2.75, 3.05) is 19.6 Å². The summed E-state index contributed by atoms with van der Waals surface area (Å²) in [6, 6.07) is 8.12. The van der Waals surface area contributed by atoms with Crippen LogP contribution in [0.4, 0.5) is 0 Å². The third-order valence-electron chi connectivity index (χ3n) is 4.96. The Morgan fingerprint density at radius 1 is 1.33 bits per heavy atom. The van der Waals surface area contributed by atoms with Crippen molar-refractivity contribution in [2.24, 2.45) is 5.92 Å². The molecular formula is C20H22N4O2S. The molecule has 0 saturated carbocycles. The molecule has 0 radical (unpaired) electrons. The van der Waals surface area contributed by atoms with Crippen LogP contribution in [0.2, 0.25) is 0 Å². The number of benzene rings is 1. The maximum atomic E-state index is 13.0.